The van der Waals surface area contributed by atoms with Crippen molar-refractivity contribution in [2.75, 3.05) is 52.4 Å². The fourth-order valence-electron chi connectivity index (χ4n) is 7.63. The topological polar surface area (TPSA) is 116 Å². The summed E-state index contributed by atoms with van der Waals surface area (Å²) in [5.41, 5.74) is 11.3. The summed E-state index contributed by atoms with van der Waals surface area (Å²) in [4.78, 5) is 45.5. The average Bonchev–Trinajstić information content (AvgIpc) is 2.92. The van der Waals surface area contributed by atoms with Gasteiger partial charge in [0.2, 0.25) is 17.7 Å². The van der Waals surface area contributed by atoms with E-state index < -0.39 is 0 Å². The standard InChI is InChI=1S/C16H27N3O2.C15H27N3O/c17-15(20)12-4-6-13(7-5-12)16(21)19-10-8-18(9-11-19)14-2-1-3-14;16-13-6-4-12(5-7-13)15(19)18-10-8-17(9-11-18)14-2-1-3-14/h12-14H,1-11H2,(H2,17,20);12-14H,1-11,16H2. The second-order valence-corrected chi connectivity index (χ2v) is 13.5. The molecule has 0 unspecified atom stereocenters. The van der Waals surface area contributed by atoms with Crippen molar-refractivity contribution in [3.63, 3.8) is 0 Å². The zero-order chi connectivity index (χ0) is 28.1. The number of carbonyl (C=O) groups is 3. The number of primary amides is 1. The van der Waals surface area contributed by atoms with E-state index in [0.29, 0.717) is 17.9 Å². The van der Waals surface area contributed by atoms with Gasteiger partial charge in [-0.1, -0.05) is 12.8 Å². The Morgan fingerprint density at radius 3 is 1.15 bits per heavy atom. The summed E-state index contributed by atoms with van der Waals surface area (Å²) in [7, 11) is 0. The van der Waals surface area contributed by atoms with E-state index in [1.165, 1.54) is 38.5 Å². The Morgan fingerprint density at radius 1 is 0.475 bits per heavy atom. The van der Waals surface area contributed by atoms with Crippen LogP contribution in [0.25, 0.3) is 0 Å². The highest BCUT2D eigenvalue weighted by molar-refractivity contribution is 5.80. The molecule has 9 nitrogen and oxygen atoms in total. The van der Waals surface area contributed by atoms with Gasteiger partial charge in [0.05, 0.1) is 0 Å². The molecule has 6 fully saturated rings. The Bertz CT molecular complexity index is 845. The Morgan fingerprint density at radius 2 is 0.825 bits per heavy atom. The minimum Gasteiger partial charge on any atom is -0.369 e. The highest BCUT2D eigenvalue weighted by Gasteiger charge is 2.35. The van der Waals surface area contributed by atoms with Crippen molar-refractivity contribution in [1.29, 1.82) is 0 Å². The lowest BCUT2D eigenvalue weighted by Gasteiger charge is -2.43. The molecule has 9 heteroatoms. The van der Waals surface area contributed by atoms with Crippen LogP contribution >= 0.6 is 0 Å². The summed E-state index contributed by atoms with van der Waals surface area (Å²) in [6.07, 6.45) is 15.5. The fourth-order valence-corrected chi connectivity index (χ4v) is 7.63. The van der Waals surface area contributed by atoms with Gasteiger partial charge in [-0.3, -0.25) is 24.2 Å². The van der Waals surface area contributed by atoms with Gasteiger partial charge in [0, 0.05) is 88.2 Å². The first kappa shape index (κ1) is 29.8. The lowest BCUT2D eigenvalue weighted by molar-refractivity contribution is -0.140. The van der Waals surface area contributed by atoms with Crippen molar-refractivity contribution in [2.24, 2.45) is 29.2 Å². The van der Waals surface area contributed by atoms with Crippen molar-refractivity contribution in [2.45, 2.75) is 108 Å². The van der Waals surface area contributed by atoms with Gasteiger partial charge in [-0.15, -0.1) is 0 Å². The van der Waals surface area contributed by atoms with Crippen LogP contribution < -0.4 is 11.5 Å². The highest BCUT2D eigenvalue weighted by atomic mass is 16.2. The van der Waals surface area contributed by atoms with Gasteiger partial charge in [0.1, 0.15) is 0 Å². The smallest absolute Gasteiger partial charge is 0.225 e. The van der Waals surface area contributed by atoms with Crippen LogP contribution in [0.4, 0.5) is 0 Å². The molecule has 226 valence electrons. The molecule has 2 aliphatic heterocycles. The van der Waals surface area contributed by atoms with Crippen molar-refractivity contribution in [3.8, 4) is 0 Å². The molecular formula is C31H54N6O3. The summed E-state index contributed by atoms with van der Waals surface area (Å²) >= 11 is 0. The molecule has 3 amide bonds. The maximum Gasteiger partial charge on any atom is 0.225 e. The van der Waals surface area contributed by atoms with E-state index in [0.717, 1.165) is 116 Å². The summed E-state index contributed by atoms with van der Waals surface area (Å²) in [6.45, 7) is 7.89. The summed E-state index contributed by atoms with van der Waals surface area (Å²) in [6, 6.07) is 1.94. The van der Waals surface area contributed by atoms with Gasteiger partial charge in [0.15, 0.2) is 0 Å². The van der Waals surface area contributed by atoms with Crippen LogP contribution in [0.5, 0.6) is 0 Å². The molecule has 0 atom stereocenters. The molecule has 0 bridgehead atoms. The average molecular weight is 559 g/mol. The number of nitrogens with zero attached hydrogens (tertiary/aromatic N) is 4. The van der Waals surface area contributed by atoms with Crippen LogP contribution in [0.2, 0.25) is 0 Å². The van der Waals surface area contributed by atoms with Crippen LogP contribution in [-0.4, -0.2) is 108 Å². The molecule has 0 aromatic heterocycles. The van der Waals surface area contributed by atoms with E-state index in [1.54, 1.807) is 0 Å². The largest absolute Gasteiger partial charge is 0.369 e. The molecule has 0 aromatic rings. The van der Waals surface area contributed by atoms with Crippen molar-refractivity contribution in [3.05, 3.63) is 0 Å². The molecule has 4 saturated carbocycles. The van der Waals surface area contributed by atoms with Crippen LogP contribution in [0.1, 0.15) is 89.9 Å². The molecule has 2 heterocycles. The maximum atomic E-state index is 12.6. The van der Waals surface area contributed by atoms with Crippen LogP contribution in [-0.2, 0) is 14.4 Å². The SMILES string of the molecule is NC(=O)C1CCC(C(=O)N2CCN(C3CCC3)CC2)CC1.NC1CCC(C(=O)N2CCN(C3CCC3)CC2)CC1. The van der Waals surface area contributed by atoms with Gasteiger partial charge in [-0.05, 0) is 77.0 Å². The first-order chi connectivity index (χ1) is 19.4. The Kier molecular flexibility index (Phi) is 10.4. The summed E-state index contributed by atoms with van der Waals surface area (Å²) in [5, 5.41) is 0. The minimum atomic E-state index is -0.199. The number of carbonyl (C=O) groups excluding carboxylic acids is 3. The molecule has 6 aliphatic rings. The normalized spacial score (nSPS) is 32.8. The molecule has 4 aliphatic carbocycles. The van der Waals surface area contributed by atoms with Crippen molar-refractivity contribution < 1.29 is 14.4 Å². The molecule has 4 N–H and O–H groups in total. The van der Waals surface area contributed by atoms with E-state index in [9.17, 15) is 14.4 Å². The lowest BCUT2D eigenvalue weighted by atomic mass is 9.81. The predicted molar refractivity (Wildman–Crippen MR) is 156 cm³/mol. The molecule has 0 radical (unpaired) electrons. The van der Waals surface area contributed by atoms with Gasteiger partial charge >= 0.3 is 0 Å². The first-order valence-electron chi connectivity index (χ1n) is 16.5. The molecule has 2 saturated heterocycles. The predicted octanol–water partition coefficient (Wildman–Crippen LogP) is 2.18. The van der Waals surface area contributed by atoms with E-state index in [-0.39, 0.29) is 23.7 Å². The van der Waals surface area contributed by atoms with E-state index >= 15 is 0 Å². The zero-order valence-corrected chi connectivity index (χ0v) is 24.7. The third-order valence-electron chi connectivity index (χ3n) is 11.0. The fraction of sp³-hybridized carbons (Fsp3) is 0.903. The highest BCUT2D eigenvalue weighted by Crippen LogP contribution is 2.31. The maximum absolute atomic E-state index is 12.6. The number of piperazine rings is 2. The van der Waals surface area contributed by atoms with Crippen LogP contribution in [0, 0.1) is 17.8 Å². The number of hydrogen-bond acceptors (Lipinski definition) is 6. The molecule has 40 heavy (non-hydrogen) atoms. The van der Waals surface area contributed by atoms with Gasteiger partial charge < -0.3 is 21.3 Å². The summed E-state index contributed by atoms with van der Waals surface area (Å²) < 4.78 is 0. The number of hydrogen-bond donors (Lipinski definition) is 2. The lowest BCUT2D eigenvalue weighted by Crippen LogP contribution is -2.54. The summed E-state index contributed by atoms with van der Waals surface area (Å²) in [5.74, 6) is 0.886. The molecule has 0 aromatic carbocycles. The molecule has 6 rings (SSSR count). The minimum absolute atomic E-state index is 0.00971. The second-order valence-electron chi connectivity index (χ2n) is 13.5. The Labute approximate surface area is 241 Å². The van der Waals surface area contributed by atoms with Crippen molar-refractivity contribution in [1.82, 2.24) is 19.6 Å². The quantitative estimate of drug-likeness (QED) is 0.534. The van der Waals surface area contributed by atoms with E-state index in [2.05, 4.69) is 14.7 Å². The number of rotatable bonds is 5. The first-order valence-corrected chi connectivity index (χ1v) is 16.5. The van der Waals surface area contributed by atoms with Crippen LogP contribution in [0.3, 0.4) is 0 Å². The van der Waals surface area contributed by atoms with Gasteiger partial charge in [0.25, 0.3) is 0 Å². The third kappa shape index (κ3) is 7.37. The third-order valence-corrected chi connectivity index (χ3v) is 11.0. The number of nitrogens with two attached hydrogens (primary N) is 2. The van der Waals surface area contributed by atoms with Crippen molar-refractivity contribution >= 4 is 17.7 Å². The second kappa shape index (κ2) is 14.0. The van der Waals surface area contributed by atoms with Gasteiger partial charge in [-0.2, -0.15) is 0 Å². The molecular weight excluding hydrogens is 504 g/mol. The molecule has 0 spiro atoms. The zero-order valence-electron chi connectivity index (χ0n) is 24.7. The van der Waals surface area contributed by atoms with Gasteiger partial charge in [-0.25, -0.2) is 0 Å². The van der Waals surface area contributed by atoms with Crippen LogP contribution in [0.15, 0.2) is 0 Å². The Balaban J connectivity index is 0.000000162. The van der Waals surface area contributed by atoms with E-state index in [4.69, 9.17) is 11.5 Å². The monoisotopic (exact) mass is 558 g/mol. The number of amides is 3. The van der Waals surface area contributed by atoms with E-state index in [1.807, 2.05) is 4.90 Å². The Hall–Kier alpha value is -1.71.